The molecule has 122 valence electrons. The lowest BCUT2D eigenvalue weighted by Crippen LogP contribution is -2.29. The highest BCUT2D eigenvalue weighted by Crippen LogP contribution is 2.11. The summed E-state index contributed by atoms with van der Waals surface area (Å²) in [4.78, 5) is 22.5. The van der Waals surface area contributed by atoms with Crippen molar-refractivity contribution in [3.05, 3.63) is 12.2 Å². The smallest absolute Gasteiger partial charge is 0.333 e. The van der Waals surface area contributed by atoms with Gasteiger partial charge in [0.05, 0.1) is 19.6 Å². The van der Waals surface area contributed by atoms with Crippen molar-refractivity contribution in [2.45, 2.75) is 32.9 Å². The fourth-order valence-electron chi connectivity index (χ4n) is 1.13. The molecular formula is C14H25NO5S. The molecule has 3 N–H and O–H groups in total. The molecule has 21 heavy (non-hydrogen) atoms. The van der Waals surface area contributed by atoms with Crippen LogP contribution in [0.1, 0.15) is 26.7 Å². The van der Waals surface area contributed by atoms with Crippen molar-refractivity contribution in [2.75, 3.05) is 24.7 Å². The number of carbonyl (C=O) groups is 2. The van der Waals surface area contributed by atoms with E-state index in [1.54, 1.807) is 18.7 Å². The van der Waals surface area contributed by atoms with Gasteiger partial charge in [-0.15, -0.1) is 0 Å². The zero-order chi connectivity index (χ0) is 16.3. The van der Waals surface area contributed by atoms with E-state index in [1.807, 2.05) is 6.92 Å². The minimum absolute atomic E-state index is 0.00553. The Balaban J connectivity index is 3.47. The number of hydrogen-bond donors (Lipinski definition) is 2. The number of aliphatic hydroxyl groups is 1. The number of nitrogens with two attached hydrogens (primary N) is 1. The van der Waals surface area contributed by atoms with Crippen LogP contribution in [-0.4, -0.2) is 48.0 Å². The summed E-state index contributed by atoms with van der Waals surface area (Å²) < 4.78 is 9.86. The lowest BCUT2D eigenvalue weighted by atomic mass is 10.2. The van der Waals surface area contributed by atoms with Gasteiger partial charge in [0.25, 0.3) is 0 Å². The largest absolute Gasteiger partial charge is 0.466 e. The standard InChI is InChI=1S/C14H25NO5S/c1-10(2)14(18)20-7-4-6-19-12(16)5-8-21-9-11(3)13(15)17/h11,13,17H,1,4-9,15H2,2-3H3. The molecule has 0 saturated carbocycles. The van der Waals surface area contributed by atoms with Gasteiger partial charge in [-0.05, 0) is 12.7 Å². The number of esters is 2. The lowest BCUT2D eigenvalue weighted by Gasteiger charge is -2.13. The Kier molecular flexibility index (Phi) is 11.0. The zero-order valence-electron chi connectivity index (χ0n) is 12.7. The number of carbonyl (C=O) groups excluding carboxylic acids is 2. The molecular weight excluding hydrogens is 294 g/mol. The average molecular weight is 319 g/mol. The van der Waals surface area contributed by atoms with Gasteiger partial charge in [0.2, 0.25) is 0 Å². The molecule has 0 aliphatic rings. The monoisotopic (exact) mass is 319 g/mol. The van der Waals surface area contributed by atoms with Crippen molar-refractivity contribution >= 4 is 23.7 Å². The van der Waals surface area contributed by atoms with Crippen LogP contribution in [0.25, 0.3) is 0 Å². The van der Waals surface area contributed by atoms with Crippen molar-refractivity contribution in [3.63, 3.8) is 0 Å². The van der Waals surface area contributed by atoms with Gasteiger partial charge in [-0.1, -0.05) is 13.5 Å². The summed E-state index contributed by atoms with van der Waals surface area (Å²) in [7, 11) is 0. The molecule has 0 aromatic rings. The number of rotatable bonds is 11. The Bertz CT molecular complexity index is 346. The molecule has 0 bridgehead atoms. The Morgan fingerprint density at radius 2 is 1.95 bits per heavy atom. The number of ether oxygens (including phenoxy) is 2. The predicted octanol–water partition coefficient (Wildman–Crippen LogP) is 1.08. The van der Waals surface area contributed by atoms with Crippen LogP contribution in [0.15, 0.2) is 12.2 Å². The van der Waals surface area contributed by atoms with E-state index in [4.69, 9.17) is 20.3 Å². The molecule has 0 aliphatic carbocycles. The summed E-state index contributed by atoms with van der Waals surface area (Å²) >= 11 is 1.55. The van der Waals surface area contributed by atoms with Crippen LogP contribution >= 0.6 is 11.8 Å². The summed E-state index contributed by atoms with van der Waals surface area (Å²) in [6.07, 6.45) is -0.0517. The van der Waals surface area contributed by atoms with E-state index in [-0.39, 0.29) is 25.1 Å². The molecule has 6 nitrogen and oxygen atoms in total. The molecule has 0 spiro atoms. The van der Waals surface area contributed by atoms with E-state index < -0.39 is 12.2 Å². The van der Waals surface area contributed by atoms with Gasteiger partial charge >= 0.3 is 11.9 Å². The fraction of sp³-hybridized carbons (Fsp3) is 0.714. The molecule has 2 unspecified atom stereocenters. The van der Waals surface area contributed by atoms with Crippen molar-refractivity contribution in [2.24, 2.45) is 11.7 Å². The van der Waals surface area contributed by atoms with E-state index >= 15 is 0 Å². The third-order valence-corrected chi connectivity index (χ3v) is 3.80. The van der Waals surface area contributed by atoms with Crippen molar-refractivity contribution in [3.8, 4) is 0 Å². The number of thioether (sulfide) groups is 1. The molecule has 7 heteroatoms. The normalized spacial score (nSPS) is 13.3. The van der Waals surface area contributed by atoms with Crippen LogP contribution in [0.4, 0.5) is 0 Å². The summed E-state index contributed by atoms with van der Waals surface area (Å²) in [6, 6.07) is 0. The molecule has 0 rings (SSSR count). The van der Waals surface area contributed by atoms with E-state index in [1.165, 1.54) is 0 Å². The van der Waals surface area contributed by atoms with Gasteiger partial charge in [0.15, 0.2) is 0 Å². The van der Waals surface area contributed by atoms with Crippen molar-refractivity contribution in [1.29, 1.82) is 0 Å². The predicted molar refractivity (Wildman–Crippen MR) is 82.6 cm³/mol. The summed E-state index contributed by atoms with van der Waals surface area (Å²) in [5.41, 5.74) is 5.67. The Labute approximate surface area is 130 Å². The van der Waals surface area contributed by atoms with Gasteiger partial charge in [-0.3, -0.25) is 4.79 Å². The quantitative estimate of drug-likeness (QED) is 0.254. The molecule has 0 fully saturated rings. The molecule has 0 aliphatic heterocycles. The van der Waals surface area contributed by atoms with Crippen LogP contribution in [-0.2, 0) is 19.1 Å². The molecule has 0 saturated heterocycles. The highest BCUT2D eigenvalue weighted by Gasteiger charge is 2.10. The second-order valence-electron chi connectivity index (χ2n) is 4.78. The van der Waals surface area contributed by atoms with E-state index in [9.17, 15) is 9.59 Å². The summed E-state index contributed by atoms with van der Waals surface area (Å²) in [5.74, 6) is 0.597. The van der Waals surface area contributed by atoms with E-state index in [2.05, 4.69) is 6.58 Å². The highest BCUT2D eigenvalue weighted by atomic mass is 32.2. The van der Waals surface area contributed by atoms with Crippen LogP contribution in [0.2, 0.25) is 0 Å². The molecule has 0 aromatic carbocycles. The Morgan fingerprint density at radius 3 is 2.52 bits per heavy atom. The van der Waals surface area contributed by atoms with Crippen LogP contribution < -0.4 is 5.73 Å². The molecule has 2 atom stereocenters. The maximum Gasteiger partial charge on any atom is 0.333 e. The molecule has 0 aromatic heterocycles. The Morgan fingerprint density at radius 1 is 1.33 bits per heavy atom. The first kappa shape index (κ1) is 19.9. The second-order valence-corrected chi connectivity index (χ2v) is 5.93. The molecule has 0 heterocycles. The SMILES string of the molecule is C=C(C)C(=O)OCCCOC(=O)CCSCC(C)C(N)O. The number of hydrogen-bond acceptors (Lipinski definition) is 7. The van der Waals surface area contributed by atoms with Crippen molar-refractivity contribution in [1.82, 2.24) is 0 Å². The fourth-order valence-corrected chi connectivity index (χ4v) is 2.18. The lowest BCUT2D eigenvalue weighted by molar-refractivity contribution is -0.144. The van der Waals surface area contributed by atoms with Crippen molar-refractivity contribution < 1.29 is 24.2 Å². The van der Waals surface area contributed by atoms with Crippen LogP contribution in [0.3, 0.4) is 0 Å². The van der Waals surface area contributed by atoms with Gasteiger partial charge < -0.3 is 20.3 Å². The minimum atomic E-state index is -0.827. The minimum Gasteiger partial charge on any atom is -0.466 e. The third kappa shape index (κ3) is 11.3. The Hall–Kier alpha value is -1.05. The molecule has 0 radical (unpaired) electrons. The van der Waals surface area contributed by atoms with Gasteiger partial charge in [0.1, 0.15) is 6.23 Å². The first-order valence-electron chi connectivity index (χ1n) is 6.84. The topological polar surface area (TPSA) is 98.9 Å². The summed E-state index contributed by atoms with van der Waals surface area (Å²) in [5, 5.41) is 9.10. The van der Waals surface area contributed by atoms with E-state index in [0.717, 1.165) is 0 Å². The average Bonchev–Trinajstić information content (AvgIpc) is 2.42. The highest BCUT2D eigenvalue weighted by molar-refractivity contribution is 7.99. The van der Waals surface area contributed by atoms with Gasteiger partial charge in [0, 0.05) is 23.7 Å². The zero-order valence-corrected chi connectivity index (χ0v) is 13.5. The maximum absolute atomic E-state index is 11.4. The maximum atomic E-state index is 11.4. The first-order chi connectivity index (χ1) is 9.84. The number of aliphatic hydroxyl groups excluding tert-OH is 1. The van der Waals surface area contributed by atoms with E-state index in [0.29, 0.717) is 29.9 Å². The third-order valence-electron chi connectivity index (χ3n) is 2.55. The van der Waals surface area contributed by atoms with Gasteiger partial charge in [-0.2, -0.15) is 11.8 Å². The second kappa shape index (κ2) is 11.6. The molecule has 0 amide bonds. The van der Waals surface area contributed by atoms with Crippen LogP contribution in [0.5, 0.6) is 0 Å². The van der Waals surface area contributed by atoms with Crippen LogP contribution in [0, 0.1) is 5.92 Å². The summed E-state index contributed by atoms with van der Waals surface area (Å²) in [6.45, 7) is 7.32. The first-order valence-corrected chi connectivity index (χ1v) is 7.99. The van der Waals surface area contributed by atoms with Gasteiger partial charge in [-0.25, -0.2) is 4.79 Å².